The second kappa shape index (κ2) is 6.87. The molecule has 1 amide bonds. The van der Waals surface area contributed by atoms with Crippen molar-refractivity contribution in [2.24, 2.45) is 11.8 Å². The van der Waals surface area contributed by atoms with Crippen LogP contribution in [0.15, 0.2) is 54.6 Å². The molecule has 0 radical (unpaired) electrons. The smallest absolute Gasteiger partial charge is 0.310 e. The number of anilines is 1. The van der Waals surface area contributed by atoms with E-state index in [-0.39, 0.29) is 17.8 Å². The minimum Gasteiger partial charge on any atom is -0.447 e. The largest absolute Gasteiger partial charge is 0.447 e. The fraction of sp³-hybridized carbons (Fsp3) is 0.300. The maximum atomic E-state index is 12.7. The molecule has 1 aliphatic carbocycles. The van der Waals surface area contributed by atoms with Crippen molar-refractivity contribution in [2.45, 2.75) is 26.4 Å². The van der Waals surface area contributed by atoms with Crippen LogP contribution < -0.4 is 5.32 Å². The summed E-state index contributed by atoms with van der Waals surface area (Å²) in [5, 5.41) is 2.83. The molecule has 1 aliphatic rings. The van der Waals surface area contributed by atoms with Crippen molar-refractivity contribution < 1.29 is 14.3 Å². The van der Waals surface area contributed by atoms with E-state index in [2.05, 4.69) is 5.32 Å². The Balaban J connectivity index is 1.76. The van der Waals surface area contributed by atoms with Crippen molar-refractivity contribution in [3.8, 4) is 0 Å². The maximum absolute atomic E-state index is 12.7. The number of nitrogens with one attached hydrogen (secondary N) is 1. The van der Waals surface area contributed by atoms with Gasteiger partial charge >= 0.3 is 5.97 Å². The van der Waals surface area contributed by atoms with Crippen LogP contribution in [0.5, 0.6) is 0 Å². The number of esters is 1. The van der Waals surface area contributed by atoms with Gasteiger partial charge in [0.25, 0.3) is 5.91 Å². The van der Waals surface area contributed by atoms with Gasteiger partial charge in [0.2, 0.25) is 6.10 Å². The first-order valence-corrected chi connectivity index (χ1v) is 8.17. The van der Waals surface area contributed by atoms with Crippen LogP contribution in [-0.4, -0.2) is 11.9 Å². The van der Waals surface area contributed by atoms with Gasteiger partial charge in [0.05, 0.1) is 5.92 Å². The van der Waals surface area contributed by atoms with Crippen LogP contribution in [0.2, 0.25) is 0 Å². The number of benzene rings is 2. The molecule has 24 heavy (non-hydrogen) atoms. The molecule has 0 spiro atoms. The Labute approximate surface area is 141 Å². The second-order valence-electron chi connectivity index (χ2n) is 6.40. The van der Waals surface area contributed by atoms with Crippen molar-refractivity contribution >= 4 is 17.6 Å². The van der Waals surface area contributed by atoms with Gasteiger partial charge in [-0.1, -0.05) is 55.0 Å². The molecule has 0 heterocycles. The van der Waals surface area contributed by atoms with E-state index in [4.69, 9.17) is 4.74 Å². The van der Waals surface area contributed by atoms with Gasteiger partial charge in [-0.2, -0.15) is 0 Å². The Morgan fingerprint density at radius 3 is 2.29 bits per heavy atom. The van der Waals surface area contributed by atoms with Gasteiger partial charge in [-0.25, -0.2) is 0 Å². The standard InChI is InChI=1S/C20H21NO3/c1-13-8-10-16(11-9-13)21-19(22)18(15-6-4-3-5-7-15)24-20(23)17-12-14(17)2/h3-11,14,17-18H,12H2,1-2H3,(H,21,22)/t14-,17-,18+/m0/s1. The Bertz CT molecular complexity index is 724. The summed E-state index contributed by atoms with van der Waals surface area (Å²) in [6, 6.07) is 16.6. The Hall–Kier alpha value is -2.62. The number of ether oxygens (including phenoxy) is 1. The SMILES string of the molecule is Cc1ccc(NC(=O)[C@H](OC(=O)[C@H]2C[C@@H]2C)c2ccccc2)cc1. The van der Waals surface area contributed by atoms with Gasteiger partial charge in [0.1, 0.15) is 0 Å². The van der Waals surface area contributed by atoms with Crippen LogP contribution in [0, 0.1) is 18.8 Å². The van der Waals surface area contributed by atoms with E-state index in [9.17, 15) is 9.59 Å². The van der Waals surface area contributed by atoms with Gasteiger partial charge in [0, 0.05) is 11.3 Å². The van der Waals surface area contributed by atoms with Crippen LogP contribution in [0.4, 0.5) is 5.69 Å². The number of hydrogen-bond acceptors (Lipinski definition) is 3. The monoisotopic (exact) mass is 323 g/mol. The van der Waals surface area contributed by atoms with Crippen molar-refractivity contribution in [3.63, 3.8) is 0 Å². The molecule has 3 rings (SSSR count). The summed E-state index contributed by atoms with van der Waals surface area (Å²) in [4.78, 5) is 24.9. The zero-order chi connectivity index (χ0) is 17.1. The van der Waals surface area contributed by atoms with Gasteiger partial charge in [-0.15, -0.1) is 0 Å². The molecule has 4 nitrogen and oxygen atoms in total. The molecular weight excluding hydrogens is 302 g/mol. The first-order valence-electron chi connectivity index (χ1n) is 8.17. The molecule has 2 aromatic rings. The molecule has 0 aliphatic heterocycles. The summed E-state index contributed by atoms with van der Waals surface area (Å²) in [6.07, 6.45) is -0.104. The molecule has 1 saturated carbocycles. The molecule has 0 bridgehead atoms. The Kier molecular flexibility index (Phi) is 4.65. The lowest BCUT2D eigenvalue weighted by atomic mass is 10.1. The van der Waals surface area contributed by atoms with E-state index >= 15 is 0 Å². The predicted molar refractivity (Wildman–Crippen MR) is 92.4 cm³/mol. The average Bonchev–Trinajstić information content (AvgIpc) is 3.32. The minimum atomic E-state index is -0.937. The van der Waals surface area contributed by atoms with Crippen molar-refractivity contribution in [2.75, 3.05) is 5.32 Å². The molecule has 2 aromatic carbocycles. The second-order valence-corrected chi connectivity index (χ2v) is 6.40. The van der Waals surface area contributed by atoms with Crippen molar-refractivity contribution in [3.05, 3.63) is 65.7 Å². The molecule has 124 valence electrons. The van der Waals surface area contributed by atoms with E-state index in [1.54, 1.807) is 12.1 Å². The molecular formula is C20H21NO3. The summed E-state index contributed by atoms with van der Waals surface area (Å²) in [7, 11) is 0. The number of amides is 1. The zero-order valence-corrected chi connectivity index (χ0v) is 13.9. The molecule has 0 unspecified atom stereocenters. The number of aryl methyl sites for hydroxylation is 1. The number of rotatable bonds is 5. The number of hydrogen-bond donors (Lipinski definition) is 1. The van der Waals surface area contributed by atoms with Gasteiger partial charge < -0.3 is 10.1 Å². The van der Waals surface area contributed by atoms with Crippen LogP contribution in [0.1, 0.15) is 30.6 Å². The highest BCUT2D eigenvalue weighted by atomic mass is 16.5. The maximum Gasteiger partial charge on any atom is 0.310 e. The van der Waals surface area contributed by atoms with Gasteiger partial charge in [-0.05, 0) is 31.4 Å². The van der Waals surface area contributed by atoms with Crippen LogP contribution in [-0.2, 0) is 14.3 Å². The number of carbonyl (C=O) groups is 2. The van der Waals surface area contributed by atoms with Gasteiger partial charge in [0.15, 0.2) is 0 Å². The third-order valence-electron chi connectivity index (χ3n) is 4.31. The summed E-state index contributed by atoms with van der Waals surface area (Å²) in [5.41, 5.74) is 2.47. The lowest BCUT2D eigenvalue weighted by molar-refractivity contribution is -0.156. The van der Waals surface area contributed by atoms with Gasteiger partial charge in [-0.3, -0.25) is 9.59 Å². The zero-order valence-electron chi connectivity index (χ0n) is 13.9. The van der Waals surface area contributed by atoms with Crippen LogP contribution in [0.25, 0.3) is 0 Å². The first kappa shape index (κ1) is 16.2. The van der Waals surface area contributed by atoms with E-state index in [1.807, 2.05) is 56.3 Å². The molecule has 0 saturated heterocycles. The molecule has 0 aromatic heterocycles. The van der Waals surface area contributed by atoms with E-state index in [1.165, 1.54) is 0 Å². The summed E-state index contributed by atoms with van der Waals surface area (Å²) in [5.74, 6) is -0.375. The highest BCUT2D eigenvalue weighted by molar-refractivity contribution is 5.96. The molecule has 1 N–H and O–H groups in total. The summed E-state index contributed by atoms with van der Waals surface area (Å²) < 4.78 is 5.54. The predicted octanol–water partition coefficient (Wildman–Crippen LogP) is 3.87. The molecule has 3 atom stereocenters. The lowest BCUT2D eigenvalue weighted by Crippen LogP contribution is -2.26. The van der Waals surface area contributed by atoms with Crippen molar-refractivity contribution in [1.29, 1.82) is 0 Å². The normalized spacial score (nSPS) is 20.1. The average molecular weight is 323 g/mol. The fourth-order valence-corrected chi connectivity index (χ4v) is 2.60. The molecule has 4 heteroatoms. The topological polar surface area (TPSA) is 55.4 Å². The number of carbonyl (C=O) groups excluding carboxylic acids is 2. The highest BCUT2D eigenvalue weighted by Crippen LogP contribution is 2.39. The fourth-order valence-electron chi connectivity index (χ4n) is 2.60. The van der Waals surface area contributed by atoms with Crippen LogP contribution >= 0.6 is 0 Å². The molecule has 1 fully saturated rings. The minimum absolute atomic E-state index is 0.0802. The Morgan fingerprint density at radius 2 is 1.71 bits per heavy atom. The first-order chi connectivity index (χ1) is 11.5. The van der Waals surface area contributed by atoms with E-state index in [0.717, 1.165) is 12.0 Å². The van der Waals surface area contributed by atoms with Crippen LogP contribution in [0.3, 0.4) is 0 Å². The highest BCUT2D eigenvalue weighted by Gasteiger charge is 2.42. The lowest BCUT2D eigenvalue weighted by Gasteiger charge is -2.18. The third kappa shape index (κ3) is 3.82. The van der Waals surface area contributed by atoms with E-state index in [0.29, 0.717) is 17.2 Å². The third-order valence-corrected chi connectivity index (χ3v) is 4.31. The van der Waals surface area contributed by atoms with Crippen molar-refractivity contribution in [1.82, 2.24) is 0 Å². The quantitative estimate of drug-likeness (QED) is 0.850. The summed E-state index contributed by atoms with van der Waals surface area (Å²) in [6.45, 7) is 3.99. The Morgan fingerprint density at radius 1 is 1.08 bits per heavy atom. The summed E-state index contributed by atoms with van der Waals surface area (Å²) >= 11 is 0. The van der Waals surface area contributed by atoms with E-state index < -0.39 is 6.10 Å².